The van der Waals surface area contributed by atoms with Gasteiger partial charge in [-0.15, -0.1) is 0 Å². The Balaban J connectivity index is 1.52. The minimum atomic E-state index is -0.976. The molecule has 6 heteroatoms. The van der Waals surface area contributed by atoms with Crippen LogP contribution in [-0.2, 0) is 0 Å². The van der Waals surface area contributed by atoms with Gasteiger partial charge in [-0.1, -0.05) is 31.2 Å². The second-order valence-electron chi connectivity index (χ2n) is 6.31. The van der Waals surface area contributed by atoms with Gasteiger partial charge in [0.05, 0.1) is 6.61 Å². The number of anilines is 1. The summed E-state index contributed by atoms with van der Waals surface area (Å²) in [7, 11) is 0. The third-order valence-corrected chi connectivity index (χ3v) is 4.24. The van der Waals surface area contributed by atoms with Crippen LogP contribution in [0.4, 0.5) is 6.01 Å². The summed E-state index contributed by atoms with van der Waals surface area (Å²) in [5.74, 6) is -0.565. The van der Waals surface area contributed by atoms with Crippen molar-refractivity contribution in [2.75, 3.05) is 24.6 Å². The van der Waals surface area contributed by atoms with Crippen LogP contribution in [0.25, 0.3) is 11.1 Å². The van der Waals surface area contributed by atoms with Crippen LogP contribution in [-0.4, -0.2) is 35.8 Å². The molecule has 6 nitrogen and oxygen atoms in total. The number of carboxylic acid groups (broad SMARTS) is 1. The van der Waals surface area contributed by atoms with Gasteiger partial charge in [-0.3, -0.25) is 0 Å². The van der Waals surface area contributed by atoms with Crippen molar-refractivity contribution < 1.29 is 19.1 Å². The van der Waals surface area contributed by atoms with Crippen LogP contribution in [0.1, 0.15) is 36.5 Å². The Morgan fingerprint density at radius 1 is 1.11 bits per heavy atom. The molecule has 0 saturated heterocycles. The largest absolute Gasteiger partial charge is 0.493 e. The number of aromatic nitrogens is 1. The highest BCUT2D eigenvalue weighted by Crippen LogP contribution is 2.22. The summed E-state index contributed by atoms with van der Waals surface area (Å²) in [6.45, 7) is 4.28. The lowest BCUT2D eigenvalue weighted by Crippen LogP contribution is -2.25. The highest BCUT2D eigenvalue weighted by Gasteiger charge is 2.13. The van der Waals surface area contributed by atoms with Gasteiger partial charge in [-0.25, -0.2) is 4.79 Å². The fourth-order valence-electron chi connectivity index (χ4n) is 2.92. The van der Waals surface area contributed by atoms with Crippen molar-refractivity contribution in [1.82, 2.24) is 4.98 Å². The molecule has 0 amide bonds. The SMILES string of the molecule is CCCN(CCCCOc1ccccc1C(=O)O)c1nc2ccccc2o1. The summed E-state index contributed by atoms with van der Waals surface area (Å²) in [6, 6.07) is 15.1. The summed E-state index contributed by atoms with van der Waals surface area (Å²) in [5.41, 5.74) is 1.85. The lowest BCUT2D eigenvalue weighted by molar-refractivity contribution is 0.0692. The number of carboxylic acids is 1. The molecule has 1 aromatic heterocycles. The van der Waals surface area contributed by atoms with Crippen LogP contribution in [0.5, 0.6) is 5.75 Å². The molecule has 0 unspecified atom stereocenters. The first-order valence-corrected chi connectivity index (χ1v) is 9.24. The topological polar surface area (TPSA) is 75.8 Å². The van der Waals surface area contributed by atoms with Crippen LogP contribution in [0.2, 0.25) is 0 Å². The zero-order valence-electron chi connectivity index (χ0n) is 15.4. The molecule has 3 rings (SSSR count). The molecular weight excluding hydrogens is 344 g/mol. The summed E-state index contributed by atoms with van der Waals surface area (Å²) in [4.78, 5) is 17.9. The number of para-hydroxylation sites is 3. The van der Waals surface area contributed by atoms with Crippen molar-refractivity contribution >= 4 is 23.1 Å². The van der Waals surface area contributed by atoms with Crippen LogP contribution in [0.15, 0.2) is 52.9 Å². The summed E-state index contributed by atoms with van der Waals surface area (Å²) in [6.07, 6.45) is 2.71. The van der Waals surface area contributed by atoms with E-state index in [4.69, 9.17) is 9.15 Å². The van der Waals surface area contributed by atoms with Gasteiger partial charge in [-0.05, 0) is 43.5 Å². The molecule has 27 heavy (non-hydrogen) atoms. The van der Waals surface area contributed by atoms with Crippen molar-refractivity contribution in [3.8, 4) is 5.75 Å². The molecule has 1 N–H and O–H groups in total. The van der Waals surface area contributed by atoms with Gasteiger partial charge < -0.3 is 19.2 Å². The van der Waals surface area contributed by atoms with Gasteiger partial charge in [0.15, 0.2) is 5.58 Å². The maximum absolute atomic E-state index is 11.2. The third kappa shape index (κ3) is 4.78. The lowest BCUT2D eigenvalue weighted by Gasteiger charge is -2.19. The number of ether oxygens (including phenoxy) is 1. The lowest BCUT2D eigenvalue weighted by atomic mass is 10.2. The van der Waals surface area contributed by atoms with E-state index in [0.717, 1.165) is 43.5 Å². The fourth-order valence-corrected chi connectivity index (χ4v) is 2.92. The molecular formula is C21H24N2O4. The van der Waals surface area contributed by atoms with Gasteiger partial charge in [0.25, 0.3) is 6.01 Å². The smallest absolute Gasteiger partial charge is 0.339 e. The highest BCUT2D eigenvalue weighted by atomic mass is 16.5. The van der Waals surface area contributed by atoms with E-state index in [0.29, 0.717) is 18.4 Å². The maximum atomic E-state index is 11.2. The molecule has 0 spiro atoms. The molecule has 0 aliphatic rings. The normalized spacial score (nSPS) is 10.9. The van der Waals surface area contributed by atoms with E-state index in [1.54, 1.807) is 24.3 Å². The van der Waals surface area contributed by atoms with Crippen molar-refractivity contribution in [3.63, 3.8) is 0 Å². The Hall–Kier alpha value is -3.02. The zero-order chi connectivity index (χ0) is 19.1. The summed E-state index contributed by atoms with van der Waals surface area (Å²) >= 11 is 0. The van der Waals surface area contributed by atoms with E-state index < -0.39 is 5.97 Å². The number of carbonyl (C=O) groups is 1. The molecule has 142 valence electrons. The van der Waals surface area contributed by atoms with E-state index in [2.05, 4.69) is 16.8 Å². The van der Waals surface area contributed by atoms with Gasteiger partial charge in [0, 0.05) is 13.1 Å². The first-order chi connectivity index (χ1) is 13.2. The molecule has 0 radical (unpaired) electrons. The number of rotatable bonds is 10. The number of oxazole rings is 1. The maximum Gasteiger partial charge on any atom is 0.339 e. The zero-order valence-corrected chi connectivity index (χ0v) is 15.4. The third-order valence-electron chi connectivity index (χ3n) is 4.24. The van der Waals surface area contributed by atoms with E-state index in [1.165, 1.54) is 0 Å². The second kappa shape index (κ2) is 9.07. The number of hydrogen-bond donors (Lipinski definition) is 1. The van der Waals surface area contributed by atoms with Crippen molar-refractivity contribution in [2.24, 2.45) is 0 Å². The van der Waals surface area contributed by atoms with Crippen molar-refractivity contribution in [1.29, 1.82) is 0 Å². The minimum absolute atomic E-state index is 0.191. The van der Waals surface area contributed by atoms with Crippen LogP contribution in [0.3, 0.4) is 0 Å². The number of nitrogens with zero attached hydrogens (tertiary/aromatic N) is 2. The first kappa shape index (κ1) is 18.8. The molecule has 1 heterocycles. The van der Waals surface area contributed by atoms with Crippen molar-refractivity contribution in [3.05, 3.63) is 54.1 Å². The molecule has 2 aromatic carbocycles. The number of benzene rings is 2. The number of fused-ring (bicyclic) bond motifs is 1. The number of aromatic carboxylic acids is 1. The molecule has 0 bridgehead atoms. The predicted molar refractivity (Wildman–Crippen MR) is 105 cm³/mol. The average Bonchev–Trinajstić information content (AvgIpc) is 3.11. The standard InChI is InChI=1S/C21H24N2O4/c1-2-13-23(21-22-17-10-4-6-12-19(17)27-21)14-7-8-15-26-18-11-5-3-9-16(18)20(24)25/h3-6,9-12H,2,7-8,13-15H2,1H3,(H,24,25). The quantitative estimate of drug-likeness (QED) is 0.527. The summed E-state index contributed by atoms with van der Waals surface area (Å²) < 4.78 is 11.5. The van der Waals surface area contributed by atoms with E-state index in [-0.39, 0.29) is 5.56 Å². The molecule has 0 aliphatic heterocycles. The fraction of sp³-hybridized carbons (Fsp3) is 0.333. The molecule has 0 saturated carbocycles. The summed E-state index contributed by atoms with van der Waals surface area (Å²) in [5, 5.41) is 9.18. The van der Waals surface area contributed by atoms with Gasteiger partial charge >= 0.3 is 5.97 Å². The van der Waals surface area contributed by atoms with Crippen molar-refractivity contribution in [2.45, 2.75) is 26.2 Å². The Morgan fingerprint density at radius 2 is 1.89 bits per heavy atom. The molecule has 0 fully saturated rings. The Labute approximate surface area is 158 Å². The van der Waals surface area contributed by atoms with E-state index in [9.17, 15) is 9.90 Å². The predicted octanol–water partition coefficient (Wildman–Crippen LogP) is 4.60. The highest BCUT2D eigenvalue weighted by molar-refractivity contribution is 5.90. The van der Waals surface area contributed by atoms with E-state index in [1.807, 2.05) is 24.3 Å². The number of unbranched alkanes of at least 4 members (excludes halogenated alkanes) is 1. The molecule has 3 aromatic rings. The first-order valence-electron chi connectivity index (χ1n) is 9.24. The molecule has 0 aliphatic carbocycles. The Bertz CT molecular complexity index is 858. The van der Waals surface area contributed by atoms with E-state index >= 15 is 0 Å². The van der Waals surface area contributed by atoms with Gasteiger partial charge in [-0.2, -0.15) is 4.98 Å². The van der Waals surface area contributed by atoms with Crippen LogP contribution in [0, 0.1) is 0 Å². The minimum Gasteiger partial charge on any atom is -0.493 e. The van der Waals surface area contributed by atoms with Gasteiger partial charge in [0.2, 0.25) is 0 Å². The Kier molecular flexibility index (Phi) is 6.30. The monoisotopic (exact) mass is 368 g/mol. The second-order valence-corrected chi connectivity index (χ2v) is 6.31. The van der Waals surface area contributed by atoms with Crippen LogP contribution >= 0.6 is 0 Å². The Morgan fingerprint density at radius 3 is 2.67 bits per heavy atom. The molecule has 0 atom stereocenters. The van der Waals surface area contributed by atoms with Gasteiger partial charge in [0.1, 0.15) is 16.8 Å². The van der Waals surface area contributed by atoms with Crippen LogP contribution < -0.4 is 9.64 Å². The average molecular weight is 368 g/mol. The number of hydrogen-bond acceptors (Lipinski definition) is 5.